The van der Waals surface area contributed by atoms with Crippen LogP contribution in [0.4, 0.5) is 9.59 Å². The number of benzene rings is 1. The molecular formula is C19H26N2O5. The average molecular weight is 362 g/mol. The minimum Gasteiger partial charge on any atom is -0.445 e. The van der Waals surface area contributed by atoms with Gasteiger partial charge in [-0.15, -0.1) is 0 Å². The predicted molar refractivity (Wildman–Crippen MR) is 95.6 cm³/mol. The van der Waals surface area contributed by atoms with Gasteiger partial charge in [-0.2, -0.15) is 0 Å². The monoisotopic (exact) mass is 362 g/mol. The minimum atomic E-state index is -0.737. The van der Waals surface area contributed by atoms with Gasteiger partial charge in [-0.3, -0.25) is 9.69 Å². The lowest BCUT2D eigenvalue weighted by atomic mass is 10.1. The molecule has 1 aromatic carbocycles. The van der Waals surface area contributed by atoms with Gasteiger partial charge in [-0.25, -0.2) is 9.59 Å². The molecule has 1 atom stereocenters. The fourth-order valence-electron chi connectivity index (χ4n) is 2.64. The molecule has 1 aliphatic heterocycles. The highest BCUT2D eigenvalue weighted by molar-refractivity contribution is 5.86. The summed E-state index contributed by atoms with van der Waals surface area (Å²) in [6.07, 6.45) is -1.04. The van der Waals surface area contributed by atoms with Crippen LogP contribution in [0, 0.1) is 0 Å². The van der Waals surface area contributed by atoms with Crippen LogP contribution in [0.5, 0.6) is 0 Å². The van der Waals surface area contributed by atoms with E-state index < -0.39 is 23.8 Å². The zero-order chi connectivity index (χ0) is 19.3. The minimum absolute atomic E-state index is 0.102. The second kappa shape index (κ2) is 8.21. The number of nitrogens with zero attached hydrogens (tertiary/aromatic N) is 2. The molecule has 1 aromatic rings. The Kier molecular flexibility index (Phi) is 6.23. The Hall–Kier alpha value is -2.57. The van der Waals surface area contributed by atoms with E-state index in [0.29, 0.717) is 6.54 Å². The Morgan fingerprint density at radius 3 is 2.31 bits per heavy atom. The summed E-state index contributed by atoms with van der Waals surface area (Å²) in [6.45, 7) is 7.50. The van der Waals surface area contributed by atoms with Crippen molar-refractivity contribution in [3.8, 4) is 0 Å². The Morgan fingerprint density at radius 2 is 1.73 bits per heavy atom. The van der Waals surface area contributed by atoms with E-state index in [-0.39, 0.29) is 25.5 Å². The van der Waals surface area contributed by atoms with Gasteiger partial charge in [0.25, 0.3) is 0 Å². The maximum absolute atomic E-state index is 12.4. The number of ketones is 1. The van der Waals surface area contributed by atoms with Gasteiger partial charge in [-0.1, -0.05) is 30.3 Å². The van der Waals surface area contributed by atoms with E-state index in [2.05, 4.69) is 0 Å². The van der Waals surface area contributed by atoms with Crippen LogP contribution in [-0.2, 0) is 20.9 Å². The van der Waals surface area contributed by atoms with Crippen LogP contribution in [0.2, 0.25) is 0 Å². The van der Waals surface area contributed by atoms with E-state index >= 15 is 0 Å². The summed E-state index contributed by atoms with van der Waals surface area (Å²) in [5, 5.41) is 0. The molecule has 2 rings (SSSR count). The van der Waals surface area contributed by atoms with Crippen molar-refractivity contribution in [3.63, 3.8) is 0 Å². The molecule has 0 bridgehead atoms. The Labute approximate surface area is 153 Å². The third-order valence-corrected chi connectivity index (χ3v) is 3.94. The second-order valence-corrected chi connectivity index (χ2v) is 7.29. The molecule has 0 spiro atoms. The maximum Gasteiger partial charge on any atom is 0.410 e. The molecule has 1 fully saturated rings. The van der Waals surface area contributed by atoms with E-state index in [1.54, 1.807) is 20.8 Å². The molecule has 26 heavy (non-hydrogen) atoms. The number of ether oxygens (including phenoxy) is 2. The summed E-state index contributed by atoms with van der Waals surface area (Å²) < 4.78 is 10.7. The fraction of sp³-hybridized carbons (Fsp3) is 0.526. The first-order valence-corrected chi connectivity index (χ1v) is 8.63. The lowest BCUT2D eigenvalue weighted by Gasteiger charge is -2.39. The predicted octanol–water partition coefficient (Wildman–Crippen LogP) is 2.83. The van der Waals surface area contributed by atoms with Crippen LogP contribution in [0.3, 0.4) is 0 Å². The Bertz CT molecular complexity index is 654. The van der Waals surface area contributed by atoms with Crippen molar-refractivity contribution < 1.29 is 23.9 Å². The number of Topliss-reactive ketones (excluding diaryl/α,β-unsaturated/α-hetero) is 1. The standard InChI is InChI=1S/C19H26N2O5/c1-14(22)16-12-20(17(23)26-19(2,3)4)10-11-21(16)18(24)25-13-15-8-6-5-7-9-15/h5-9,16H,10-13H2,1-4H3/t16-/m1/s1. The Morgan fingerprint density at radius 1 is 1.08 bits per heavy atom. The van der Waals surface area contributed by atoms with Crippen molar-refractivity contribution in [2.45, 2.75) is 45.9 Å². The molecule has 1 saturated heterocycles. The van der Waals surface area contributed by atoms with E-state index in [0.717, 1.165) is 5.56 Å². The number of hydrogen-bond acceptors (Lipinski definition) is 5. The third-order valence-electron chi connectivity index (χ3n) is 3.94. The first-order valence-electron chi connectivity index (χ1n) is 8.63. The summed E-state index contributed by atoms with van der Waals surface area (Å²) in [5.41, 5.74) is 0.252. The number of carbonyl (C=O) groups excluding carboxylic acids is 3. The molecule has 0 saturated carbocycles. The summed E-state index contributed by atoms with van der Waals surface area (Å²) >= 11 is 0. The van der Waals surface area contributed by atoms with Crippen LogP contribution in [-0.4, -0.2) is 59.0 Å². The number of piperazine rings is 1. The highest BCUT2D eigenvalue weighted by Gasteiger charge is 2.37. The number of hydrogen-bond donors (Lipinski definition) is 0. The van der Waals surface area contributed by atoms with Gasteiger partial charge >= 0.3 is 12.2 Å². The molecule has 1 heterocycles. The topological polar surface area (TPSA) is 76.2 Å². The highest BCUT2D eigenvalue weighted by atomic mass is 16.6. The van der Waals surface area contributed by atoms with Gasteiger partial charge in [0, 0.05) is 13.1 Å². The molecule has 7 nitrogen and oxygen atoms in total. The molecule has 142 valence electrons. The quantitative estimate of drug-likeness (QED) is 0.826. The maximum atomic E-state index is 12.4. The van der Waals surface area contributed by atoms with Crippen molar-refractivity contribution in [1.29, 1.82) is 0 Å². The van der Waals surface area contributed by atoms with Crippen molar-refractivity contribution in [1.82, 2.24) is 9.80 Å². The molecular weight excluding hydrogens is 336 g/mol. The smallest absolute Gasteiger partial charge is 0.410 e. The van der Waals surface area contributed by atoms with Crippen molar-refractivity contribution in [3.05, 3.63) is 35.9 Å². The zero-order valence-electron chi connectivity index (χ0n) is 15.7. The van der Waals surface area contributed by atoms with E-state index in [9.17, 15) is 14.4 Å². The SMILES string of the molecule is CC(=O)[C@H]1CN(C(=O)OC(C)(C)C)CCN1C(=O)OCc1ccccc1. The Balaban J connectivity index is 1.98. The van der Waals surface area contributed by atoms with Crippen LogP contribution < -0.4 is 0 Å². The van der Waals surface area contributed by atoms with Gasteiger partial charge in [0.15, 0.2) is 5.78 Å². The third kappa shape index (κ3) is 5.47. The molecule has 1 aliphatic rings. The molecule has 2 amide bonds. The zero-order valence-corrected chi connectivity index (χ0v) is 15.7. The number of rotatable bonds is 3. The molecule has 0 aliphatic carbocycles. The van der Waals surface area contributed by atoms with Gasteiger partial charge in [0.2, 0.25) is 0 Å². The van der Waals surface area contributed by atoms with Gasteiger partial charge in [-0.05, 0) is 33.3 Å². The van der Waals surface area contributed by atoms with Crippen LogP contribution >= 0.6 is 0 Å². The molecule has 0 N–H and O–H groups in total. The highest BCUT2D eigenvalue weighted by Crippen LogP contribution is 2.17. The summed E-state index contributed by atoms with van der Waals surface area (Å²) in [4.78, 5) is 39.5. The van der Waals surface area contributed by atoms with E-state index in [1.165, 1.54) is 16.7 Å². The van der Waals surface area contributed by atoms with E-state index in [4.69, 9.17) is 9.47 Å². The van der Waals surface area contributed by atoms with Crippen molar-refractivity contribution in [2.24, 2.45) is 0 Å². The van der Waals surface area contributed by atoms with Gasteiger partial charge in [0.05, 0.1) is 6.54 Å². The number of carbonyl (C=O) groups is 3. The summed E-state index contributed by atoms with van der Waals surface area (Å²) in [6, 6.07) is 8.58. The summed E-state index contributed by atoms with van der Waals surface area (Å²) in [7, 11) is 0. The van der Waals surface area contributed by atoms with Gasteiger partial charge in [0.1, 0.15) is 18.2 Å². The van der Waals surface area contributed by atoms with Crippen LogP contribution in [0.25, 0.3) is 0 Å². The van der Waals surface area contributed by atoms with Crippen molar-refractivity contribution >= 4 is 18.0 Å². The fourth-order valence-corrected chi connectivity index (χ4v) is 2.64. The summed E-state index contributed by atoms with van der Waals surface area (Å²) in [5.74, 6) is -0.199. The molecule has 0 unspecified atom stereocenters. The lowest BCUT2D eigenvalue weighted by Crippen LogP contribution is -2.59. The number of amides is 2. The second-order valence-electron chi connectivity index (χ2n) is 7.29. The van der Waals surface area contributed by atoms with Crippen LogP contribution in [0.15, 0.2) is 30.3 Å². The molecule has 0 aromatic heterocycles. The van der Waals surface area contributed by atoms with E-state index in [1.807, 2.05) is 30.3 Å². The average Bonchev–Trinajstić information content (AvgIpc) is 2.58. The lowest BCUT2D eigenvalue weighted by molar-refractivity contribution is -0.123. The van der Waals surface area contributed by atoms with Gasteiger partial charge < -0.3 is 14.4 Å². The normalized spacial score (nSPS) is 17.6. The molecule has 0 radical (unpaired) electrons. The first kappa shape index (κ1) is 19.8. The first-order chi connectivity index (χ1) is 12.2. The largest absolute Gasteiger partial charge is 0.445 e. The van der Waals surface area contributed by atoms with Crippen molar-refractivity contribution in [2.75, 3.05) is 19.6 Å². The molecule has 7 heteroatoms. The van der Waals surface area contributed by atoms with Crippen LogP contribution in [0.1, 0.15) is 33.3 Å².